The number of aromatic nitrogens is 2. The van der Waals surface area contributed by atoms with Crippen LogP contribution in [0.3, 0.4) is 0 Å². The molecule has 7 nitrogen and oxygen atoms in total. The summed E-state index contributed by atoms with van der Waals surface area (Å²) in [6.07, 6.45) is 3.79. The van der Waals surface area contributed by atoms with Gasteiger partial charge >= 0.3 is 0 Å². The fourth-order valence-electron chi connectivity index (χ4n) is 2.99. The van der Waals surface area contributed by atoms with Crippen molar-refractivity contribution < 1.29 is 14.9 Å². The van der Waals surface area contributed by atoms with Crippen molar-refractivity contribution in [1.29, 1.82) is 0 Å². The van der Waals surface area contributed by atoms with E-state index in [1.807, 2.05) is 42.9 Å². The number of thiazole rings is 1. The summed E-state index contributed by atoms with van der Waals surface area (Å²) < 4.78 is 0. The summed E-state index contributed by atoms with van der Waals surface area (Å²) in [7, 11) is 0. The van der Waals surface area contributed by atoms with Crippen molar-refractivity contribution in [3.05, 3.63) is 64.9 Å². The second-order valence-electron chi connectivity index (χ2n) is 7.03. The quantitative estimate of drug-likeness (QED) is 0.604. The highest BCUT2D eigenvalue weighted by Gasteiger charge is 2.24. The van der Waals surface area contributed by atoms with E-state index in [0.29, 0.717) is 10.7 Å². The number of hydrogen-bond acceptors (Lipinski definition) is 5. The zero-order valence-electron chi connectivity index (χ0n) is 16.0. The van der Waals surface area contributed by atoms with Crippen molar-refractivity contribution in [3.8, 4) is 11.1 Å². The van der Waals surface area contributed by atoms with Crippen LogP contribution >= 0.6 is 11.3 Å². The molecule has 2 aromatic heterocycles. The first-order chi connectivity index (χ1) is 13.9. The predicted molar refractivity (Wildman–Crippen MR) is 112 cm³/mol. The van der Waals surface area contributed by atoms with E-state index in [4.69, 9.17) is 5.73 Å². The molecule has 1 aliphatic rings. The number of nitrogens with zero attached hydrogens (tertiary/aromatic N) is 2. The molecule has 5 N–H and O–H groups in total. The first-order valence-corrected chi connectivity index (χ1v) is 10.0. The molecule has 2 amide bonds. The minimum absolute atomic E-state index is 0.0541. The van der Waals surface area contributed by atoms with Crippen LogP contribution in [0.5, 0.6) is 0 Å². The lowest BCUT2D eigenvalue weighted by Crippen LogP contribution is -2.70. The van der Waals surface area contributed by atoms with Crippen LogP contribution in [0.4, 0.5) is 10.9 Å². The van der Waals surface area contributed by atoms with Gasteiger partial charge in [-0.25, -0.2) is 9.97 Å². The second-order valence-corrected chi connectivity index (χ2v) is 7.89. The monoisotopic (exact) mass is 406 g/mol. The van der Waals surface area contributed by atoms with Gasteiger partial charge in [-0.1, -0.05) is 26.0 Å². The standard InChI is InChI=1S/C21H19N5O2S/c1-11(2)20(28)26-21-25-17(10-29-21)16-9-24-19-15(16)7-14(8-23-19)12-3-5-13(6-4-12)18(22)27/h3-11H,1-2H3,(H2,22,27)(H,23,24)(H,25,26,28)/p+1. The van der Waals surface area contributed by atoms with Gasteiger partial charge in [-0.15, -0.1) is 11.3 Å². The molecule has 0 saturated heterocycles. The summed E-state index contributed by atoms with van der Waals surface area (Å²) in [6.45, 7) is 3.69. The molecule has 3 heterocycles. The van der Waals surface area contributed by atoms with Gasteiger partial charge in [0.1, 0.15) is 6.20 Å². The van der Waals surface area contributed by atoms with Gasteiger partial charge in [0.25, 0.3) is 0 Å². The number of quaternary nitrogens is 1. The highest BCUT2D eigenvalue weighted by Crippen LogP contribution is 2.33. The third-order valence-corrected chi connectivity index (χ3v) is 5.41. The summed E-state index contributed by atoms with van der Waals surface area (Å²) in [6, 6.07) is 9.18. The van der Waals surface area contributed by atoms with Crippen molar-refractivity contribution in [1.82, 2.24) is 9.97 Å². The normalized spacial score (nSPS) is 12.6. The molecule has 146 valence electrons. The lowest BCUT2D eigenvalue weighted by Gasteiger charge is -2.05. The van der Waals surface area contributed by atoms with Crippen LogP contribution in [0.1, 0.15) is 35.5 Å². The minimum atomic E-state index is -0.452. The van der Waals surface area contributed by atoms with E-state index in [0.717, 1.165) is 33.8 Å². The lowest BCUT2D eigenvalue weighted by atomic mass is 10.0. The van der Waals surface area contributed by atoms with Crippen molar-refractivity contribution in [3.63, 3.8) is 0 Å². The SMILES string of the molecule is CC(C)C(=O)Nc1nc(C2=C[NH2+]c3ncc(-c4ccc(C(N)=O)cc4)cc32)cs1. The van der Waals surface area contributed by atoms with Crippen LogP contribution in [0.25, 0.3) is 16.7 Å². The number of fused-ring (bicyclic) bond motifs is 1. The van der Waals surface area contributed by atoms with Crippen molar-refractivity contribution in [2.45, 2.75) is 13.8 Å². The fourth-order valence-corrected chi connectivity index (χ4v) is 3.70. The van der Waals surface area contributed by atoms with Crippen molar-refractivity contribution in [2.75, 3.05) is 5.32 Å². The largest absolute Gasteiger partial charge is 0.366 e. The molecule has 0 aliphatic carbocycles. The van der Waals surface area contributed by atoms with E-state index >= 15 is 0 Å². The van der Waals surface area contributed by atoms with Gasteiger partial charge in [0.05, 0.1) is 16.8 Å². The molecule has 0 bridgehead atoms. The molecule has 0 spiro atoms. The van der Waals surface area contributed by atoms with Crippen LogP contribution in [0.2, 0.25) is 0 Å². The number of pyridine rings is 1. The molecule has 0 radical (unpaired) electrons. The fraction of sp³-hybridized carbons (Fsp3) is 0.143. The van der Waals surface area contributed by atoms with Gasteiger partial charge in [-0.2, -0.15) is 0 Å². The maximum absolute atomic E-state index is 11.9. The Bertz CT molecular complexity index is 1130. The average molecular weight is 406 g/mol. The van der Waals surface area contributed by atoms with Gasteiger partial charge in [0.15, 0.2) is 5.13 Å². The average Bonchev–Trinajstić information content (AvgIpc) is 3.34. The van der Waals surface area contributed by atoms with E-state index in [1.165, 1.54) is 11.3 Å². The second kappa shape index (κ2) is 7.57. The van der Waals surface area contributed by atoms with E-state index in [2.05, 4.69) is 21.4 Å². The Hall–Kier alpha value is -3.36. The number of benzene rings is 1. The molecule has 1 aliphatic heterocycles. The van der Waals surface area contributed by atoms with Gasteiger partial charge in [-0.3, -0.25) is 14.9 Å². The molecule has 3 aromatic rings. The van der Waals surface area contributed by atoms with E-state index in [-0.39, 0.29) is 11.8 Å². The van der Waals surface area contributed by atoms with E-state index < -0.39 is 5.91 Å². The third-order valence-electron chi connectivity index (χ3n) is 4.65. The van der Waals surface area contributed by atoms with Gasteiger partial charge in [-0.05, 0) is 23.8 Å². The first-order valence-electron chi connectivity index (χ1n) is 9.15. The number of nitrogens with one attached hydrogen (secondary N) is 1. The molecule has 0 saturated carbocycles. The molecule has 4 rings (SSSR count). The number of anilines is 1. The van der Waals surface area contributed by atoms with Gasteiger partial charge < -0.3 is 11.1 Å². The van der Waals surface area contributed by atoms with Crippen LogP contribution < -0.4 is 16.4 Å². The molecule has 0 fully saturated rings. The Kier molecular flexibility index (Phi) is 4.96. The Labute approximate surface area is 171 Å². The van der Waals surface area contributed by atoms with Crippen molar-refractivity contribution in [2.24, 2.45) is 11.7 Å². The summed E-state index contributed by atoms with van der Waals surface area (Å²) in [5.41, 5.74) is 10.4. The Morgan fingerprint density at radius 3 is 2.62 bits per heavy atom. The highest BCUT2D eigenvalue weighted by atomic mass is 32.1. The molecule has 0 unspecified atom stereocenters. The van der Waals surface area contributed by atoms with Crippen LogP contribution in [0, 0.1) is 5.92 Å². The number of carbonyl (C=O) groups is 2. The zero-order chi connectivity index (χ0) is 20.5. The topological polar surface area (TPSA) is 115 Å². The lowest BCUT2D eigenvalue weighted by molar-refractivity contribution is -0.495. The van der Waals surface area contributed by atoms with Crippen LogP contribution in [-0.4, -0.2) is 21.8 Å². The van der Waals surface area contributed by atoms with Gasteiger partial charge in [0.2, 0.25) is 17.6 Å². The summed E-state index contributed by atoms with van der Waals surface area (Å²) >= 11 is 1.40. The molecule has 8 heteroatoms. The summed E-state index contributed by atoms with van der Waals surface area (Å²) in [4.78, 5) is 32.3. The number of primary amides is 1. The summed E-state index contributed by atoms with van der Waals surface area (Å²) in [5.74, 6) is 0.266. The number of amides is 2. The van der Waals surface area contributed by atoms with Crippen LogP contribution in [-0.2, 0) is 4.79 Å². The predicted octanol–water partition coefficient (Wildman–Crippen LogP) is 2.50. The summed E-state index contributed by atoms with van der Waals surface area (Å²) in [5, 5.41) is 7.31. The number of hydrogen-bond donors (Lipinski definition) is 3. The van der Waals surface area contributed by atoms with E-state index in [9.17, 15) is 9.59 Å². The zero-order valence-corrected chi connectivity index (χ0v) is 16.8. The Balaban J connectivity index is 1.62. The highest BCUT2D eigenvalue weighted by molar-refractivity contribution is 7.14. The van der Waals surface area contributed by atoms with Crippen LogP contribution in [0.15, 0.2) is 48.1 Å². The Morgan fingerprint density at radius 2 is 1.93 bits per heavy atom. The molecule has 29 heavy (non-hydrogen) atoms. The number of carbonyl (C=O) groups excluding carboxylic acids is 2. The number of nitrogens with two attached hydrogens (primary N) is 2. The van der Waals surface area contributed by atoms with E-state index in [1.54, 1.807) is 18.3 Å². The molecular weight excluding hydrogens is 386 g/mol. The molecule has 0 atom stereocenters. The Morgan fingerprint density at radius 1 is 1.17 bits per heavy atom. The smallest absolute Gasteiger partial charge is 0.248 e. The molecule has 1 aromatic carbocycles. The first kappa shape index (κ1) is 19.0. The molecular formula is C21H20N5O2S+. The minimum Gasteiger partial charge on any atom is -0.366 e. The van der Waals surface area contributed by atoms with Crippen molar-refractivity contribution >= 4 is 39.7 Å². The third kappa shape index (κ3) is 3.80. The van der Waals surface area contributed by atoms with Gasteiger partial charge in [0, 0.05) is 28.6 Å². The number of rotatable bonds is 5. The maximum atomic E-state index is 11.9. The maximum Gasteiger partial charge on any atom is 0.248 e.